The highest BCUT2D eigenvalue weighted by molar-refractivity contribution is 7.19. The Morgan fingerprint density at radius 1 is 1.04 bits per heavy atom. The number of aromatic nitrogens is 3. The molecule has 0 atom stereocenters. The summed E-state index contributed by atoms with van der Waals surface area (Å²) in [6.45, 7) is 0.473. The van der Waals surface area contributed by atoms with Gasteiger partial charge >= 0.3 is 0 Å². The van der Waals surface area contributed by atoms with Gasteiger partial charge in [-0.25, -0.2) is 15.4 Å². The van der Waals surface area contributed by atoms with E-state index in [4.69, 9.17) is 14.8 Å². The van der Waals surface area contributed by atoms with E-state index >= 15 is 0 Å². The van der Waals surface area contributed by atoms with Crippen LogP contribution in [0.15, 0.2) is 54.9 Å². The molecule has 5 nitrogen and oxygen atoms in total. The second-order valence-corrected chi connectivity index (χ2v) is 7.63. The highest BCUT2D eigenvalue weighted by Crippen LogP contribution is 2.40. The van der Waals surface area contributed by atoms with Gasteiger partial charge in [-0.3, -0.25) is 9.82 Å². The molecule has 4 aromatic rings. The lowest BCUT2D eigenvalue weighted by Crippen LogP contribution is -2.05. The average molecular weight is 374 g/mol. The van der Waals surface area contributed by atoms with Crippen LogP contribution in [0, 0.1) is 0 Å². The molecule has 0 saturated carbocycles. The molecule has 27 heavy (non-hydrogen) atoms. The Morgan fingerprint density at radius 2 is 1.96 bits per heavy atom. The first-order chi connectivity index (χ1) is 13.4. The summed E-state index contributed by atoms with van der Waals surface area (Å²) in [5, 5.41) is 1.10. The Balaban J connectivity index is 1.52. The van der Waals surface area contributed by atoms with E-state index in [1.165, 1.54) is 16.9 Å². The first-order valence-corrected chi connectivity index (χ1v) is 9.84. The van der Waals surface area contributed by atoms with E-state index in [0.29, 0.717) is 12.4 Å². The Kier molecular flexibility index (Phi) is 4.27. The zero-order chi connectivity index (χ0) is 18.1. The number of nitrogens with one attached hydrogen (secondary N) is 1. The lowest BCUT2D eigenvalue weighted by Gasteiger charge is -2.10. The van der Waals surface area contributed by atoms with E-state index in [1.807, 2.05) is 42.5 Å². The van der Waals surface area contributed by atoms with Crippen molar-refractivity contribution in [2.45, 2.75) is 25.9 Å². The van der Waals surface area contributed by atoms with Crippen LogP contribution in [0.5, 0.6) is 0 Å². The third-order valence-corrected chi connectivity index (χ3v) is 5.92. The maximum Gasteiger partial charge on any atom is 0.164 e. The van der Waals surface area contributed by atoms with Crippen molar-refractivity contribution in [3.05, 3.63) is 70.9 Å². The van der Waals surface area contributed by atoms with Crippen LogP contribution in [0.25, 0.3) is 21.6 Å². The van der Waals surface area contributed by atoms with Crippen molar-refractivity contribution in [3.8, 4) is 11.4 Å². The molecular weight excluding hydrogens is 356 g/mol. The number of anilines is 1. The fourth-order valence-electron chi connectivity index (χ4n) is 3.46. The summed E-state index contributed by atoms with van der Waals surface area (Å²) < 4.78 is 0. The van der Waals surface area contributed by atoms with Gasteiger partial charge in [0.1, 0.15) is 4.83 Å². The summed E-state index contributed by atoms with van der Waals surface area (Å²) in [5.41, 5.74) is 6.48. The fourth-order valence-corrected chi connectivity index (χ4v) is 4.72. The minimum Gasteiger partial charge on any atom is -0.270 e. The lowest BCUT2D eigenvalue weighted by molar-refractivity contribution is 0.179. The molecule has 0 spiro atoms. The van der Waals surface area contributed by atoms with Crippen molar-refractivity contribution in [2.24, 2.45) is 0 Å². The third-order valence-electron chi connectivity index (χ3n) is 4.73. The van der Waals surface area contributed by atoms with Gasteiger partial charge in [0.2, 0.25) is 0 Å². The van der Waals surface area contributed by atoms with Gasteiger partial charge in [-0.05, 0) is 42.5 Å². The van der Waals surface area contributed by atoms with Crippen molar-refractivity contribution < 1.29 is 4.84 Å². The number of fused-ring (bicyclic) bond motifs is 3. The second-order valence-electron chi connectivity index (χ2n) is 6.55. The van der Waals surface area contributed by atoms with Gasteiger partial charge < -0.3 is 0 Å². The van der Waals surface area contributed by atoms with Crippen molar-refractivity contribution in [3.63, 3.8) is 0 Å². The average Bonchev–Trinajstić information content (AvgIpc) is 3.30. The standard InChI is InChI=1S/C21H18N4OS/c1-2-6-14(7-3-1)13-26-25-20-18-16-9-4-10-17(16)27-21(18)24-19(23-20)15-8-5-11-22-12-15/h1-3,5-8,11-12H,4,9-10,13H2,(H,23,24,25). The number of nitrogens with zero attached hydrogens (tertiary/aromatic N) is 3. The Bertz CT molecular complexity index is 1080. The molecule has 0 amide bonds. The molecule has 0 bridgehead atoms. The minimum atomic E-state index is 0.473. The summed E-state index contributed by atoms with van der Waals surface area (Å²) in [6, 6.07) is 14.0. The van der Waals surface area contributed by atoms with Crippen LogP contribution < -0.4 is 5.48 Å². The molecule has 5 rings (SSSR count). The van der Waals surface area contributed by atoms with Crippen LogP contribution >= 0.6 is 11.3 Å². The van der Waals surface area contributed by atoms with Crippen LogP contribution in [0.4, 0.5) is 5.82 Å². The Morgan fingerprint density at radius 3 is 2.81 bits per heavy atom. The molecule has 3 heterocycles. The Hall–Kier alpha value is -2.83. The number of hydrogen-bond donors (Lipinski definition) is 1. The van der Waals surface area contributed by atoms with Gasteiger partial charge in [-0.1, -0.05) is 30.3 Å². The zero-order valence-corrected chi connectivity index (χ0v) is 15.5. The Labute approximate surface area is 161 Å². The van der Waals surface area contributed by atoms with E-state index in [9.17, 15) is 0 Å². The van der Waals surface area contributed by atoms with Crippen molar-refractivity contribution in [2.75, 3.05) is 5.48 Å². The van der Waals surface area contributed by atoms with Crippen molar-refractivity contribution in [1.29, 1.82) is 0 Å². The maximum absolute atomic E-state index is 5.78. The van der Waals surface area contributed by atoms with E-state index < -0.39 is 0 Å². The normalized spacial score (nSPS) is 13.0. The number of benzene rings is 1. The van der Waals surface area contributed by atoms with Gasteiger partial charge in [0.05, 0.1) is 12.0 Å². The molecule has 0 saturated heterocycles. The second kappa shape index (κ2) is 7.06. The number of hydrogen-bond acceptors (Lipinski definition) is 6. The first kappa shape index (κ1) is 16.4. The molecule has 0 fully saturated rings. The molecule has 1 N–H and O–H groups in total. The predicted octanol–water partition coefficient (Wildman–Crippen LogP) is 4.79. The smallest absolute Gasteiger partial charge is 0.164 e. The maximum atomic E-state index is 5.78. The van der Waals surface area contributed by atoms with Gasteiger partial charge in [0.15, 0.2) is 11.6 Å². The monoisotopic (exact) mass is 374 g/mol. The molecule has 0 aliphatic heterocycles. The van der Waals surface area contributed by atoms with E-state index in [1.54, 1.807) is 23.7 Å². The quantitative estimate of drug-likeness (QED) is 0.509. The van der Waals surface area contributed by atoms with E-state index in [2.05, 4.69) is 10.5 Å². The van der Waals surface area contributed by atoms with Crippen LogP contribution in [0.2, 0.25) is 0 Å². The minimum absolute atomic E-state index is 0.473. The summed E-state index contributed by atoms with van der Waals surface area (Å²) in [4.78, 5) is 22.0. The first-order valence-electron chi connectivity index (χ1n) is 9.03. The van der Waals surface area contributed by atoms with Gasteiger partial charge in [-0.2, -0.15) is 0 Å². The summed E-state index contributed by atoms with van der Waals surface area (Å²) in [7, 11) is 0. The van der Waals surface area contributed by atoms with Crippen LogP contribution in [-0.4, -0.2) is 15.0 Å². The predicted molar refractivity (Wildman–Crippen MR) is 108 cm³/mol. The molecule has 1 aliphatic carbocycles. The summed E-state index contributed by atoms with van der Waals surface area (Å²) in [5.74, 6) is 1.41. The highest BCUT2D eigenvalue weighted by atomic mass is 32.1. The van der Waals surface area contributed by atoms with Gasteiger partial charge in [0, 0.05) is 22.8 Å². The highest BCUT2D eigenvalue weighted by Gasteiger charge is 2.22. The van der Waals surface area contributed by atoms with Gasteiger partial charge in [-0.15, -0.1) is 11.3 Å². The molecule has 6 heteroatoms. The molecule has 0 unspecified atom stereocenters. The topological polar surface area (TPSA) is 59.9 Å². The van der Waals surface area contributed by atoms with Crippen molar-refractivity contribution in [1.82, 2.24) is 15.0 Å². The van der Waals surface area contributed by atoms with Crippen molar-refractivity contribution >= 4 is 27.4 Å². The molecule has 1 aromatic carbocycles. The third kappa shape index (κ3) is 3.18. The molecule has 134 valence electrons. The van der Waals surface area contributed by atoms with Crippen LogP contribution in [0.3, 0.4) is 0 Å². The molecule has 3 aromatic heterocycles. The zero-order valence-electron chi connectivity index (χ0n) is 14.7. The molecule has 0 radical (unpaired) electrons. The van der Waals surface area contributed by atoms with Gasteiger partial charge in [0.25, 0.3) is 0 Å². The number of rotatable bonds is 5. The lowest BCUT2D eigenvalue weighted by atomic mass is 10.2. The largest absolute Gasteiger partial charge is 0.270 e. The summed E-state index contributed by atoms with van der Waals surface area (Å²) >= 11 is 1.77. The fraction of sp³-hybridized carbons (Fsp3) is 0.190. The SMILES string of the molecule is c1ccc(CONc2nc(-c3cccnc3)nc3sc4c(c23)CCC4)cc1. The van der Waals surface area contributed by atoms with Crippen LogP contribution in [-0.2, 0) is 24.3 Å². The molecular formula is C21H18N4OS. The molecule has 1 aliphatic rings. The van der Waals surface area contributed by atoms with Crippen LogP contribution in [0.1, 0.15) is 22.4 Å². The van der Waals surface area contributed by atoms with E-state index in [-0.39, 0.29) is 0 Å². The number of pyridine rings is 1. The van der Waals surface area contributed by atoms with E-state index in [0.717, 1.165) is 40.0 Å². The number of aryl methyl sites for hydroxylation is 2. The number of thiophene rings is 1. The summed E-state index contributed by atoms with van der Waals surface area (Å²) in [6.07, 6.45) is 6.95.